The Morgan fingerprint density at radius 1 is 1.12 bits per heavy atom. The summed E-state index contributed by atoms with van der Waals surface area (Å²) in [6.07, 6.45) is 5.28. The number of rotatable bonds is 5. The Morgan fingerprint density at radius 2 is 1.85 bits per heavy atom. The van der Waals surface area contributed by atoms with Crippen LogP contribution in [0.1, 0.15) is 31.2 Å². The van der Waals surface area contributed by atoms with Gasteiger partial charge in [0.1, 0.15) is 0 Å². The number of benzene rings is 2. The third kappa shape index (κ3) is 4.44. The van der Waals surface area contributed by atoms with E-state index >= 15 is 0 Å². The molecular formula is C26H26ClN5O. The second kappa shape index (κ2) is 9.24. The van der Waals surface area contributed by atoms with Crippen molar-refractivity contribution in [2.45, 2.75) is 31.7 Å². The van der Waals surface area contributed by atoms with Crippen molar-refractivity contribution in [1.29, 1.82) is 0 Å². The highest BCUT2D eigenvalue weighted by atomic mass is 35.5. The largest absolute Gasteiger partial charge is 0.360 e. The quantitative estimate of drug-likeness (QED) is 0.414. The van der Waals surface area contributed by atoms with E-state index in [0.29, 0.717) is 16.7 Å². The van der Waals surface area contributed by atoms with E-state index in [0.717, 1.165) is 48.0 Å². The van der Waals surface area contributed by atoms with E-state index in [-0.39, 0.29) is 17.9 Å². The van der Waals surface area contributed by atoms with Crippen LogP contribution in [0, 0.1) is 0 Å². The molecule has 1 saturated heterocycles. The lowest BCUT2D eigenvalue weighted by molar-refractivity contribution is -0.133. The smallest absolute Gasteiger partial charge is 0.229 e. The van der Waals surface area contributed by atoms with Crippen LogP contribution in [0.15, 0.2) is 67.0 Å². The van der Waals surface area contributed by atoms with Gasteiger partial charge in [0.2, 0.25) is 11.9 Å². The van der Waals surface area contributed by atoms with Gasteiger partial charge in [-0.1, -0.05) is 60.1 Å². The topological polar surface area (TPSA) is 73.9 Å². The van der Waals surface area contributed by atoms with Gasteiger partial charge in [-0.05, 0) is 31.4 Å². The monoisotopic (exact) mass is 459 g/mol. The van der Waals surface area contributed by atoms with E-state index < -0.39 is 0 Å². The summed E-state index contributed by atoms with van der Waals surface area (Å²) >= 11 is 6.45. The van der Waals surface area contributed by atoms with Gasteiger partial charge in [-0.2, -0.15) is 0 Å². The Labute approximate surface area is 198 Å². The molecule has 1 aliphatic heterocycles. The molecule has 7 heteroatoms. The van der Waals surface area contributed by atoms with E-state index in [4.69, 9.17) is 16.6 Å². The molecule has 1 atom stereocenters. The maximum Gasteiger partial charge on any atom is 0.229 e. The maximum atomic E-state index is 12.9. The van der Waals surface area contributed by atoms with Crippen molar-refractivity contribution in [3.05, 3.63) is 77.6 Å². The second-order valence-electron chi connectivity index (χ2n) is 8.51. The number of piperidine rings is 1. The fourth-order valence-electron chi connectivity index (χ4n) is 4.48. The predicted octanol–water partition coefficient (Wildman–Crippen LogP) is 5.48. The van der Waals surface area contributed by atoms with Crippen LogP contribution >= 0.6 is 11.6 Å². The summed E-state index contributed by atoms with van der Waals surface area (Å²) < 4.78 is 0. The number of nitrogens with zero attached hydrogens (tertiary/aromatic N) is 3. The van der Waals surface area contributed by atoms with Crippen molar-refractivity contribution in [2.24, 2.45) is 0 Å². The van der Waals surface area contributed by atoms with Gasteiger partial charge >= 0.3 is 0 Å². The first-order valence-corrected chi connectivity index (χ1v) is 11.7. The molecule has 2 aromatic heterocycles. The third-order valence-corrected chi connectivity index (χ3v) is 6.67. The van der Waals surface area contributed by atoms with E-state index in [1.807, 2.05) is 66.6 Å². The highest BCUT2D eigenvalue weighted by Crippen LogP contribution is 2.32. The Kier molecular flexibility index (Phi) is 6.01. The summed E-state index contributed by atoms with van der Waals surface area (Å²) in [5, 5.41) is 5.04. The van der Waals surface area contributed by atoms with Gasteiger partial charge in [0.05, 0.1) is 22.8 Å². The number of para-hydroxylation sites is 1. The number of aromatic amines is 1. The molecule has 6 nitrogen and oxygen atoms in total. The van der Waals surface area contributed by atoms with Crippen LogP contribution < -0.4 is 5.32 Å². The minimum Gasteiger partial charge on any atom is -0.360 e. The lowest BCUT2D eigenvalue weighted by Crippen LogP contribution is -2.44. The van der Waals surface area contributed by atoms with Gasteiger partial charge in [-0.15, -0.1) is 0 Å². The number of H-pyrrole nitrogens is 1. The van der Waals surface area contributed by atoms with Crippen LogP contribution in [0.2, 0.25) is 5.02 Å². The number of anilines is 1. The molecule has 2 N–H and O–H groups in total. The summed E-state index contributed by atoms with van der Waals surface area (Å²) in [6, 6.07) is 18.2. The maximum absolute atomic E-state index is 12.9. The van der Waals surface area contributed by atoms with E-state index in [2.05, 4.69) is 21.4 Å². The lowest BCUT2D eigenvalue weighted by Gasteiger charge is -2.34. The van der Waals surface area contributed by atoms with Crippen molar-refractivity contribution in [2.75, 3.05) is 18.4 Å². The molecule has 0 bridgehead atoms. The van der Waals surface area contributed by atoms with Crippen molar-refractivity contribution in [3.63, 3.8) is 0 Å². The lowest BCUT2D eigenvalue weighted by atomic mass is 9.97. The van der Waals surface area contributed by atoms with E-state index in [1.165, 1.54) is 0 Å². The number of aromatic nitrogens is 3. The number of fused-ring (bicyclic) bond motifs is 1. The zero-order chi connectivity index (χ0) is 22.8. The zero-order valence-electron chi connectivity index (χ0n) is 18.5. The molecule has 1 fully saturated rings. The van der Waals surface area contributed by atoms with Gasteiger partial charge in [0.15, 0.2) is 0 Å². The molecule has 3 heterocycles. The molecule has 0 radical (unpaired) electrons. The number of hydrogen-bond acceptors (Lipinski definition) is 4. The first-order chi connectivity index (χ1) is 16.1. The highest BCUT2D eigenvalue weighted by molar-refractivity contribution is 6.33. The molecule has 0 aliphatic carbocycles. The molecule has 168 valence electrons. The van der Waals surface area contributed by atoms with Gasteiger partial charge in [0.25, 0.3) is 0 Å². The molecule has 0 spiro atoms. The fraction of sp³-hybridized carbons (Fsp3) is 0.269. The zero-order valence-corrected chi connectivity index (χ0v) is 19.2. The summed E-state index contributed by atoms with van der Waals surface area (Å²) in [5.41, 5.74) is 3.76. The normalized spacial score (nSPS) is 15.5. The second-order valence-corrected chi connectivity index (χ2v) is 8.92. The van der Waals surface area contributed by atoms with Gasteiger partial charge < -0.3 is 15.2 Å². The van der Waals surface area contributed by atoms with Crippen molar-refractivity contribution >= 4 is 34.4 Å². The number of carbonyl (C=O) groups is 1. The average Bonchev–Trinajstić information content (AvgIpc) is 3.29. The minimum absolute atomic E-state index is 0.131. The molecule has 2 aromatic carbocycles. The Balaban J connectivity index is 1.25. The first-order valence-electron chi connectivity index (χ1n) is 11.3. The molecule has 5 rings (SSSR count). The van der Waals surface area contributed by atoms with Gasteiger partial charge in [-0.25, -0.2) is 9.97 Å². The van der Waals surface area contributed by atoms with Crippen LogP contribution in [0.3, 0.4) is 0 Å². The van der Waals surface area contributed by atoms with Crippen molar-refractivity contribution in [3.8, 4) is 11.3 Å². The van der Waals surface area contributed by atoms with Gasteiger partial charge in [0, 0.05) is 41.8 Å². The van der Waals surface area contributed by atoms with Crippen molar-refractivity contribution in [1.82, 2.24) is 19.9 Å². The standard InChI is InChI=1S/C26H26ClN5O/c1-17(18-7-3-2-4-8-18)25(33)32-13-11-19(12-14-32)30-26-29-16-22(27)24(31-26)21-15-28-23-10-6-5-9-20(21)23/h2-10,15-17,19,28H,11-14H2,1H3,(H,29,30,31). The molecule has 1 aliphatic rings. The fourth-order valence-corrected chi connectivity index (χ4v) is 4.67. The molecule has 0 saturated carbocycles. The number of carbonyl (C=O) groups excluding carboxylic acids is 1. The third-order valence-electron chi connectivity index (χ3n) is 6.40. The van der Waals surface area contributed by atoms with Crippen LogP contribution in [-0.2, 0) is 4.79 Å². The van der Waals surface area contributed by atoms with Crippen LogP contribution in [0.25, 0.3) is 22.2 Å². The van der Waals surface area contributed by atoms with E-state index in [1.54, 1.807) is 6.20 Å². The Bertz CT molecular complexity index is 1260. The summed E-state index contributed by atoms with van der Waals surface area (Å²) in [5.74, 6) is 0.611. The van der Waals surface area contributed by atoms with Gasteiger partial charge in [-0.3, -0.25) is 4.79 Å². The SMILES string of the molecule is CC(C(=O)N1CCC(Nc2ncc(Cl)c(-c3c[nH]c4ccccc34)n2)CC1)c1ccccc1. The van der Waals surface area contributed by atoms with Crippen LogP contribution in [0.4, 0.5) is 5.95 Å². The van der Waals surface area contributed by atoms with Crippen LogP contribution in [-0.4, -0.2) is 44.9 Å². The number of halogens is 1. The molecule has 1 unspecified atom stereocenters. The molecular weight excluding hydrogens is 434 g/mol. The summed E-state index contributed by atoms with van der Waals surface area (Å²) in [7, 11) is 0. The number of likely N-dealkylation sites (tertiary alicyclic amines) is 1. The summed E-state index contributed by atoms with van der Waals surface area (Å²) in [4.78, 5) is 27.3. The molecule has 33 heavy (non-hydrogen) atoms. The van der Waals surface area contributed by atoms with E-state index in [9.17, 15) is 4.79 Å². The average molecular weight is 460 g/mol. The molecule has 4 aromatic rings. The highest BCUT2D eigenvalue weighted by Gasteiger charge is 2.27. The first kappa shape index (κ1) is 21.5. The Morgan fingerprint density at radius 3 is 2.64 bits per heavy atom. The predicted molar refractivity (Wildman–Crippen MR) is 132 cm³/mol. The minimum atomic E-state index is -0.131. The summed E-state index contributed by atoms with van der Waals surface area (Å²) in [6.45, 7) is 3.42. The Hall–Kier alpha value is -3.38. The number of nitrogens with one attached hydrogen (secondary N) is 2. The molecule has 1 amide bonds. The number of amides is 1. The number of hydrogen-bond donors (Lipinski definition) is 2. The van der Waals surface area contributed by atoms with Crippen molar-refractivity contribution < 1.29 is 4.79 Å². The van der Waals surface area contributed by atoms with Crippen LogP contribution in [0.5, 0.6) is 0 Å².